The van der Waals surface area contributed by atoms with Crippen molar-refractivity contribution in [2.24, 2.45) is 12.5 Å². The Morgan fingerprint density at radius 3 is 2.42 bits per heavy atom. The summed E-state index contributed by atoms with van der Waals surface area (Å²) in [5.74, 6) is -0.848. The van der Waals surface area contributed by atoms with E-state index in [2.05, 4.69) is 10.4 Å². The maximum Gasteiger partial charge on any atom is 0.433 e. The van der Waals surface area contributed by atoms with Gasteiger partial charge < -0.3 is 10.2 Å². The number of carbonyl (C=O) groups excluding carboxylic acids is 2. The third-order valence-electron chi connectivity index (χ3n) is 3.88. The minimum Gasteiger partial charge on any atom is -0.330 e. The second-order valence-electron chi connectivity index (χ2n) is 6.93. The van der Waals surface area contributed by atoms with Crippen molar-refractivity contribution in [3.63, 3.8) is 0 Å². The highest BCUT2D eigenvalue weighted by molar-refractivity contribution is 5.97. The van der Waals surface area contributed by atoms with Crippen LogP contribution in [0.3, 0.4) is 0 Å². The van der Waals surface area contributed by atoms with Gasteiger partial charge in [0, 0.05) is 25.1 Å². The molecular weight excluding hydrogens is 325 g/mol. The van der Waals surface area contributed by atoms with Crippen LogP contribution in [0.5, 0.6) is 0 Å². The van der Waals surface area contributed by atoms with Gasteiger partial charge in [0.05, 0.1) is 0 Å². The van der Waals surface area contributed by atoms with Crippen molar-refractivity contribution in [2.45, 2.75) is 45.8 Å². The summed E-state index contributed by atoms with van der Waals surface area (Å²) in [6, 6.07) is 0.0936. The molecule has 2 heterocycles. The molecule has 1 aliphatic rings. The van der Waals surface area contributed by atoms with Gasteiger partial charge in [-0.25, -0.2) is 0 Å². The Bertz CT molecular complexity index is 646. The minimum absolute atomic E-state index is 0.155. The van der Waals surface area contributed by atoms with Gasteiger partial charge in [-0.3, -0.25) is 14.3 Å². The Hall–Kier alpha value is -2.06. The van der Waals surface area contributed by atoms with E-state index in [0.29, 0.717) is 24.1 Å². The molecule has 6 nitrogen and oxygen atoms in total. The van der Waals surface area contributed by atoms with Crippen molar-refractivity contribution in [2.75, 3.05) is 11.9 Å². The van der Waals surface area contributed by atoms with Crippen molar-refractivity contribution >= 4 is 17.6 Å². The molecule has 0 aromatic carbocycles. The molecule has 1 aromatic rings. The standard InChI is InChI=1S/C15H21F3N4O2/c1-14(2,3)13(24)22-7-5-6-9(22)12(23)19-11-8-10(15(16,17)18)21(4)20-11/h8-9H,5-7H2,1-4H3,(H,19,20,23). The molecule has 1 saturated heterocycles. The van der Waals surface area contributed by atoms with Crippen LogP contribution in [-0.4, -0.2) is 39.1 Å². The van der Waals surface area contributed by atoms with Crippen molar-refractivity contribution in [1.82, 2.24) is 14.7 Å². The third-order valence-corrected chi connectivity index (χ3v) is 3.88. The summed E-state index contributed by atoms with van der Waals surface area (Å²) in [7, 11) is 1.16. The Kier molecular flexibility index (Phi) is 4.65. The molecule has 2 rings (SSSR count). The van der Waals surface area contributed by atoms with Crippen LogP contribution in [-0.2, 0) is 22.8 Å². The maximum absolute atomic E-state index is 12.8. The number of alkyl halides is 3. The first-order chi connectivity index (χ1) is 10.9. The number of aromatic nitrogens is 2. The van der Waals surface area contributed by atoms with Crippen molar-refractivity contribution in [3.8, 4) is 0 Å². The van der Waals surface area contributed by atoms with Crippen LogP contribution in [0.2, 0.25) is 0 Å². The average Bonchev–Trinajstić information content (AvgIpc) is 3.02. The smallest absolute Gasteiger partial charge is 0.330 e. The largest absolute Gasteiger partial charge is 0.433 e. The first-order valence-electron chi connectivity index (χ1n) is 7.64. The van der Waals surface area contributed by atoms with Gasteiger partial charge in [0.15, 0.2) is 5.82 Å². The van der Waals surface area contributed by atoms with Gasteiger partial charge in [-0.1, -0.05) is 20.8 Å². The van der Waals surface area contributed by atoms with Crippen LogP contribution in [0.15, 0.2) is 6.07 Å². The SMILES string of the molecule is Cn1nc(NC(=O)C2CCCN2C(=O)C(C)(C)C)cc1C(F)(F)F. The fourth-order valence-corrected chi connectivity index (χ4v) is 2.72. The predicted octanol–water partition coefficient (Wildman–Crippen LogP) is 2.41. The fraction of sp³-hybridized carbons (Fsp3) is 0.667. The van der Waals surface area contributed by atoms with Gasteiger partial charge in [0.25, 0.3) is 0 Å². The molecule has 1 fully saturated rings. The molecule has 134 valence electrons. The molecule has 1 N–H and O–H groups in total. The topological polar surface area (TPSA) is 67.2 Å². The van der Waals surface area contributed by atoms with Gasteiger partial charge in [0.2, 0.25) is 11.8 Å². The minimum atomic E-state index is -4.55. The zero-order valence-electron chi connectivity index (χ0n) is 14.1. The molecule has 9 heteroatoms. The second kappa shape index (κ2) is 6.10. The molecule has 0 saturated carbocycles. The summed E-state index contributed by atoms with van der Waals surface area (Å²) >= 11 is 0. The summed E-state index contributed by atoms with van der Waals surface area (Å²) in [6.07, 6.45) is -3.39. The van der Waals surface area contributed by atoms with Crippen LogP contribution in [0.25, 0.3) is 0 Å². The molecule has 1 unspecified atom stereocenters. The van der Waals surface area contributed by atoms with E-state index in [4.69, 9.17) is 0 Å². The van der Waals surface area contributed by atoms with Crippen molar-refractivity contribution < 1.29 is 22.8 Å². The van der Waals surface area contributed by atoms with Crippen LogP contribution in [0, 0.1) is 5.41 Å². The number of amides is 2. The van der Waals surface area contributed by atoms with Gasteiger partial charge >= 0.3 is 6.18 Å². The van der Waals surface area contributed by atoms with Gasteiger partial charge in [-0.05, 0) is 12.8 Å². The lowest BCUT2D eigenvalue weighted by atomic mass is 9.94. The zero-order valence-corrected chi connectivity index (χ0v) is 14.1. The van der Waals surface area contributed by atoms with E-state index >= 15 is 0 Å². The van der Waals surface area contributed by atoms with E-state index in [0.717, 1.165) is 13.1 Å². The Morgan fingerprint density at radius 2 is 1.92 bits per heavy atom. The number of nitrogens with zero attached hydrogens (tertiary/aromatic N) is 3. The maximum atomic E-state index is 12.8. The van der Waals surface area contributed by atoms with Gasteiger partial charge in [-0.15, -0.1) is 0 Å². The third kappa shape index (κ3) is 3.70. The quantitative estimate of drug-likeness (QED) is 0.894. The number of rotatable bonds is 2. The number of nitrogens with one attached hydrogen (secondary N) is 1. The summed E-state index contributed by atoms with van der Waals surface area (Å²) in [4.78, 5) is 26.3. The lowest BCUT2D eigenvalue weighted by Gasteiger charge is -2.30. The van der Waals surface area contributed by atoms with Crippen LogP contribution >= 0.6 is 0 Å². The lowest BCUT2D eigenvalue weighted by molar-refractivity contribution is -0.143. The number of aryl methyl sites for hydroxylation is 1. The average molecular weight is 346 g/mol. The van der Waals surface area contributed by atoms with Crippen LogP contribution in [0.4, 0.5) is 19.0 Å². The number of carbonyl (C=O) groups is 2. The summed E-state index contributed by atoms with van der Waals surface area (Å²) in [5, 5.41) is 6.06. The number of likely N-dealkylation sites (tertiary alicyclic amines) is 1. The first-order valence-corrected chi connectivity index (χ1v) is 7.64. The van der Waals surface area contributed by atoms with E-state index in [-0.39, 0.29) is 11.7 Å². The Labute approximate surface area is 138 Å². The Morgan fingerprint density at radius 1 is 1.29 bits per heavy atom. The molecule has 1 atom stereocenters. The van der Waals surface area contributed by atoms with E-state index in [9.17, 15) is 22.8 Å². The molecule has 1 aliphatic heterocycles. The number of hydrogen-bond acceptors (Lipinski definition) is 3. The van der Waals surface area contributed by atoms with Crippen LogP contribution in [0.1, 0.15) is 39.3 Å². The first kappa shape index (κ1) is 18.3. The van der Waals surface area contributed by atoms with E-state index in [1.807, 2.05) is 0 Å². The molecule has 0 aliphatic carbocycles. The molecule has 2 amide bonds. The summed E-state index contributed by atoms with van der Waals surface area (Å²) < 4.78 is 39.0. The monoisotopic (exact) mass is 346 g/mol. The molecule has 0 spiro atoms. The van der Waals surface area contributed by atoms with Crippen molar-refractivity contribution in [3.05, 3.63) is 11.8 Å². The second-order valence-corrected chi connectivity index (χ2v) is 6.93. The molecular formula is C15H21F3N4O2. The van der Waals surface area contributed by atoms with Crippen molar-refractivity contribution in [1.29, 1.82) is 0 Å². The summed E-state index contributed by atoms with van der Waals surface area (Å²) in [5.41, 5.74) is -1.58. The number of anilines is 1. The van der Waals surface area contributed by atoms with E-state index < -0.39 is 29.2 Å². The zero-order chi connectivity index (χ0) is 18.3. The molecule has 1 aromatic heterocycles. The molecule has 24 heavy (non-hydrogen) atoms. The highest BCUT2D eigenvalue weighted by Crippen LogP contribution is 2.31. The van der Waals surface area contributed by atoms with Gasteiger partial charge in [-0.2, -0.15) is 18.3 Å². The number of hydrogen-bond donors (Lipinski definition) is 1. The Balaban J connectivity index is 2.14. The fourth-order valence-electron chi connectivity index (χ4n) is 2.72. The lowest BCUT2D eigenvalue weighted by Crippen LogP contribution is -2.47. The van der Waals surface area contributed by atoms with E-state index in [1.54, 1.807) is 20.8 Å². The molecule has 0 bridgehead atoms. The van der Waals surface area contributed by atoms with Crippen LogP contribution < -0.4 is 5.32 Å². The highest BCUT2D eigenvalue weighted by Gasteiger charge is 2.39. The predicted molar refractivity (Wildman–Crippen MR) is 81.0 cm³/mol. The normalized spacial score (nSPS) is 18.8. The summed E-state index contributed by atoms with van der Waals surface area (Å²) in [6.45, 7) is 5.75. The highest BCUT2D eigenvalue weighted by atomic mass is 19.4. The molecule has 0 radical (unpaired) electrons. The van der Waals surface area contributed by atoms with Gasteiger partial charge in [0.1, 0.15) is 11.7 Å². The number of halogens is 3. The van der Waals surface area contributed by atoms with E-state index in [1.165, 1.54) is 4.90 Å².